The molecule has 6 heteroatoms. The van der Waals surface area contributed by atoms with E-state index in [0.29, 0.717) is 11.3 Å². The highest BCUT2D eigenvalue weighted by Gasteiger charge is 2.47. The summed E-state index contributed by atoms with van der Waals surface area (Å²) in [6, 6.07) is 25.9. The number of rotatable bonds is 6. The lowest BCUT2D eigenvalue weighted by atomic mass is 9.95. The number of aromatic nitrogens is 3. The van der Waals surface area contributed by atoms with Crippen molar-refractivity contribution in [3.8, 4) is 22.7 Å². The van der Waals surface area contributed by atoms with Crippen LogP contribution in [0.3, 0.4) is 0 Å². The first kappa shape index (κ1) is 22.0. The Labute approximate surface area is 209 Å². The normalized spacial score (nSPS) is 13.9. The fourth-order valence-corrected chi connectivity index (χ4v) is 4.77. The maximum absolute atomic E-state index is 13.4. The standard InChI is InChI=1S/C30H26N4O2/c1-20-10-11-23(36-2)19-25(20)29(35)32-30(13-14-30)26-17-21(18-28-24(26)9-6-15-31-28)27-12-16-34(33-27)22-7-4-3-5-8-22/h3-12,15-19H,13-14H2,1-2H3,(H,32,35). The average Bonchev–Trinajstić information content (AvgIpc) is 3.52. The van der Waals surface area contributed by atoms with Gasteiger partial charge in [0.25, 0.3) is 5.91 Å². The van der Waals surface area contributed by atoms with Gasteiger partial charge in [0.15, 0.2) is 0 Å². The Kier molecular flexibility index (Phi) is 5.29. The molecule has 6 nitrogen and oxygen atoms in total. The smallest absolute Gasteiger partial charge is 0.252 e. The fraction of sp³-hybridized carbons (Fsp3) is 0.167. The Morgan fingerprint density at radius 2 is 1.83 bits per heavy atom. The van der Waals surface area contributed by atoms with Crippen molar-refractivity contribution in [1.29, 1.82) is 0 Å². The lowest BCUT2D eigenvalue weighted by Gasteiger charge is -2.21. The van der Waals surface area contributed by atoms with Crippen molar-refractivity contribution < 1.29 is 9.53 Å². The third kappa shape index (κ3) is 3.90. The van der Waals surface area contributed by atoms with Gasteiger partial charge >= 0.3 is 0 Å². The summed E-state index contributed by atoms with van der Waals surface area (Å²) in [4.78, 5) is 18.1. The van der Waals surface area contributed by atoms with Crippen LogP contribution in [0.5, 0.6) is 5.75 Å². The predicted molar refractivity (Wildman–Crippen MR) is 140 cm³/mol. The van der Waals surface area contributed by atoms with Gasteiger partial charge in [-0.2, -0.15) is 5.10 Å². The first-order chi connectivity index (χ1) is 17.6. The van der Waals surface area contributed by atoms with Gasteiger partial charge < -0.3 is 10.1 Å². The van der Waals surface area contributed by atoms with Gasteiger partial charge in [0, 0.05) is 28.9 Å². The highest BCUT2D eigenvalue weighted by atomic mass is 16.5. The van der Waals surface area contributed by atoms with Gasteiger partial charge in [-0.15, -0.1) is 0 Å². The molecule has 1 saturated carbocycles. The molecule has 1 amide bonds. The van der Waals surface area contributed by atoms with Crippen molar-refractivity contribution in [2.24, 2.45) is 0 Å². The third-order valence-electron chi connectivity index (χ3n) is 6.93. The van der Waals surface area contributed by atoms with E-state index in [9.17, 15) is 4.79 Å². The van der Waals surface area contributed by atoms with Gasteiger partial charge in [0.1, 0.15) is 5.75 Å². The van der Waals surface area contributed by atoms with Crippen molar-refractivity contribution in [2.75, 3.05) is 7.11 Å². The molecule has 0 radical (unpaired) electrons. The first-order valence-electron chi connectivity index (χ1n) is 12.0. The van der Waals surface area contributed by atoms with Crippen LogP contribution in [0.2, 0.25) is 0 Å². The summed E-state index contributed by atoms with van der Waals surface area (Å²) >= 11 is 0. The second kappa shape index (κ2) is 8.64. The zero-order valence-corrected chi connectivity index (χ0v) is 20.2. The minimum atomic E-state index is -0.439. The van der Waals surface area contributed by atoms with Crippen LogP contribution >= 0.6 is 0 Å². The minimum absolute atomic E-state index is 0.0975. The number of carbonyl (C=O) groups is 1. The van der Waals surface area contributed by atoms with E-state index in [4.69, 9.17) is 9.84 Å². The van der Waals surface area contributed by atoms with Gasteiger partial charge in [0.05, 0.1) is 29.5 Å². The van der Waals surface area contributed by atoms with Crippen molar-refractivity contribution in [1.82, 2.24) is 20.1 Å². The van der Waals surface area contributed by atoms with Crippen molar-refractivity contribution in [2.45, 2.75) is 25.3 Å². The summed E-state index contributed by atoms with van der Waals surface area (Å²) in [5, 5.41) is 9.22. The van der Waals surface area contributed by atoms with Crippen LogP contribution in [-0.4, -0.2) is 27.8 Å². The molecule has 36 heavy (non-hydrogen) atoms. The maximum atomic E-state index is 13.4. The molecule has 0 atom stereocenters. The minimum Gasteiger partial charge on any atom is -0.497 e. The van der Waals surface area contributed by atoms with E-state index in [2.05, 4.69) is 28.5 Å². The van der Waals surface area contributed by atoms with Gasteiger partial charge in [0.2, 0.25) is 0 Å². The lowest BCUT2D eigenvalue weighted by Crippen LogP contribution is -2.35. The molecule has 6 rings (SSSR count). The molecular formula is C30H26N4O2. The van der Waals surface area contributed by atoms with E-state index < -0.39 is 5.54 Å². The maximum Gasteiger partial charge on any atom is 0.252 e. The SMILES string of the molecule is COc1ccc(C)c(C(=O)NC2(c3cc(-c4ccn(-c5ccccc5)n4)cc4ncccc34)CC2)c1. The number of aryl methyl sites for hydroxylation is 1. The number of pyridine rings is 1. The number of ether oxygens (including phenoxy) is 1. The molecule has 5 aromatic rings. The number of fused-ring (bicyclic) bond motifs is 1. The second-order valence-corrected chi connectivity index (χ2v) is 9.29. The topological polar surface area (TPSA) is 69.0 Å². The number of amides is 1. The predicted octanol–water partition coefficient (Wildman–Crippen LogP) is 5.82. The number of para-hydroxylation sites is 1. The Morgan fingerprint density at radius 1 is 1.00 bits per heavy atom. The molecule has 0 saturated heterocycles. The number of carbonyl (C=O) groups excluding carboxylic acids is 1. The Hall–Kier alpha value is -4.45. The molecule has 0 bridgehead atoms. The summed E-state index contributed by atoms with van der Waals surface area (Å²) in [5.74, 6) is 0.570. The number of nitrogens with zero attached hydrogens (tertiary/aromatic N) is 3. The van der Waals surface area contributed by atoms with Gasteiger partial charge in [-0.05, 0) is 79.4 Å². The highest BCUT2D eigenvalue weighted by Crippen LogP contribution is 2.49. The molecule has 1 N–H and O–H groups in total. The third-order valence-corrected chi connectivity index (χ3v) is 6.93. The fourth-order valence-electron chi connectivity index (χ4n) is 4.77. The van der Waals surface area contributed by atoms with Crippen LogP contribution in [0.15, 0.2) is 91.3 Å². The van der Waals surface area contributed by atoms with Crippen molar-refractivity contribution in [3.63, 3.8) is 0 Å². The van der Waals surface area contributed by atoms with E-state index in [1.807, 2.05) is 72.4 Å². The van der Waals surface area contributed by atoms with Crippen LogP contribution in [0, 0.1) is 6.92 Å². The molecule has 2 aromatic heterocycles. The largest absolute Gasteiger partial charge is 0.497 e. The van der Waals surface area contributed by atoms with Crippen molar-refractivity contribution in [3.05, 3.63) is 108 Å². The number of hydrogen-bond donors (Lipinski definition) is 1. The zero-order chi connectivity index (χ0) is 24.7. The van der Waals surface area contributed by atoms with Crippen LogP contribution in [-0.2, 0) is 5.54 Å². The average molecular weight is 475 g/mol. The molecule has 1 aliphatic rings. The highest BCUT2D eigenvalue weighted by molar-refractivity contribution is 5.98. The molecule has 1 aliphatic carbocycles. The molecule has 0 unspecified atom stereocenters. The Bertz CT molecular complexity index is 1590. The number of methoxy groups -OCH3 is 1. The van der Waals surface area contributed by atoms with Gasteiger partial charge in [-0.1, -0.05) is 30.3 Å². The van der Waals surface area contributed by atoms with Gasteiger partial charge in [-0.3, -0.25) is 9.78 Å². The molecule has 0 aliphatic heterocycles. The van der Waals surface area contributed by atoms with E-state index in [-0.39, 0.29) is 5.91 Å². The summed E-state index contributed by atoms with van der Waals surface area (Å²) in [7, 11) is 1.61. The van der Waals surface area contributed by atoms with Crippen LogP contribution in [0.1, 0.15) is 34.3 Å². The first-order valence-corrected chi connectivity index (χ1v) is 12.0. The molecule has 0 spiro atoms. The van der Waals surface area contributed by atoms with E-state index in [0.717, 1.165) is 51.8 Å². The van der Waals surface area contributed by atoms with E-state index in [1.54, 1.807) is 19.4 Å². The lowest BCUT2D eigenvalue weighted by molar-refractivity contribution is 0.0930. The zero-order valence-electron chi connectivity index (χ0n) is 20.2. The quantitative estimate of drug-likeness (QED) is 0.337. The summed E-state index contributed by atoms with van der Waals surface area (Å²) in [6.07, 6.45) is 5.50. The molecule has 178 valence electrons. The van der Waals surface area contributed by atoms with Crippen LogP contribution < -0.4 is 10.1 Å². The van der Waals surface area contributed by atoms with Crippen LogP contribution in [0.25, 0.3) is 27.8 Å². The van der Waals surface area contributed by atoms with Crippen molar-refractivity contribution >= 4 is 16.8 Å². The summed E-state index contributed by atoms with van der Waals surface area (Å²) < 4.78 is 7.22. The van der Waals surface area contributed by atoms with E-state index >= 15 is 0 Å². The van der Waals surface area contributed by atoms with Crippen LogP contribution in [0.4, 0.5) is 0 Å². The summed E-state index contributed by atoms with van der Waals surface area (Å²) in [5.41, 5.74) is 5.90. The number of benzene rings is 3. The summed E-state index contributed by atoms with van der Waals surface area (Å²) in [6.45, 7) is 1.94. The Morgan fingerprint density at radius 3 is 2.61 bits per heavy atom. The molecule has 1 fully saturated rings. The molecule has 3 aromatic carbocycles. The van der Waals surface area contributed by atoms with Gasteiger partial charge in [-0.25, -0.2) is 4.68 Å². The Balaban J connectivity index is 1.40. The van der Waals surface area contributed by atoms with E-state index in [1.165, 1.54) is 0 Å². The number of hydrogen-bond acceptors (Lipinski definition) is 4. The second-order valence-electron chi connectivity index (χ2n) is 9.29. The molecule has 2 heterocycles. The monoisotopic (exact) mass is 474 g/mol. The number of nitrogens with one attached hydrogen (secondary N) is 1. The molecular weight excluding hydrogens is 448 g/mol.